The SMILES string of the molecule is CC[C@@H](C)N1C(=O)[C@H]2[C@@H](C1=O)[C@@]1([NH2+][C@@H]2CC(C)C)C(=O)Nc2c(Cl)cccc21. The van der Waals surface area contributed by atoms with Crippen molar-refractivity contribution in [2.75, 3.05) is 5.32 Å². The molecule has 0 unspecified atom stereocenters. The molecule has 3 heterocycles. The number of nitrogens with one attached hydrogen (secondary N) is 1. The lowest BCUT2D eigenvalue weighted by molar-refractivity contribution is -0.734. The fourth-order valence-corrected chi connectivity index (χ4v) is 5.58. The van der Waals surface area contributed by atoms with Crippen LogP contribution in [0, 0.1) is 17.8 Å². The van der Waals surface area contributed by atoms with Crippen molar-refractivity contribution in [2.24, 2.45) is 17.8 Å². The third-order valence-electron chi connectivity index (χ3n) is 6.66. The van der Waals surface area contributed by atoms with E-state index in [4.69, 9.17) is 11.6 Å². The number of nitrogens with two attached hydrogens (primary N) is 1. The molecule has 0 saturated carbocycles. The van der Waals surface area contributed by atoms with Gasteiger partial charge in [-0.15, -0.1) is 0 Å². The summed E-state index contributed by atoms with van der Waals surface area (Å²) in [7, 11) is 0. The van der Waals surface area contributed by atoms with Crippen molar-refractivity contribution < 1.29 is 19.7 Å². The van der Waals surface area contributed by atoms with Gasteiger partial charge >= 0.3 is 0 Å². The zero-order valence-corrected chi connectivity index (χ0v) is 17.4. The van der Waals surface area contributed by atoms with Gasteiger partial charge in [0.15, 0.2) is 0 Å². The molecule has 28 heavy (non-hydrogen) atoms. The van der Waals surface area contributed by atoms with Gasteiger partial charge in [0, 0.05) is 18.0 Å². The molecule has 2 saturated heterocycles. The first-order chi connectivity index (χ1) is 13.2. The molecule has 4 rings (SSSR count). The molecular formula is C21H27ClN3O3+. The van der Waals surface area contributed by atoms with Crippen LogP contribution in [0.15, 0.2) is 18.2 Å². The van der Waals surface area contributed by atoms with Crippen molar-refractivity contribution in [3.05, 3.63) is 28.8 Å². The Bertz CT molecular complexity index is 870. The molecule has 0 aliphatic carbocycles. The maximum atomic E-state index is 13.5. The van der Waals surface area contributed by atoms with E-state index in [9.17, 15) is 14.4 Å². The number of carbonyl (C=O) groups excluding carboxylic acids is 3. The zero-order chi connectivity index (χ0) is 20.4. The number of para-hydroxylation sites is 1. The highest BCUT2D eigenvalue weighted by molar-refractivity contribution is 6.35. The molecule has 3 amide bonds. The van der Waals surface area contributed by atoms with Crippen molar-refractivity contribution in [3.8, 4) is 0 Å². The number of anilines is 1. The van der Waals surface area contributed by atoms with Gasteiger partial charge in [-0.05, 0) is 31.4 Å². The van der Waals surface area contributed by atoms with E-state index in [1.54, 1.807) is 12.1 Å². The largest absolute Gasteiger partial charge is 0.326 e. The molecule has 7 heteroatoms. The molecule has 6 nitrogen and oxygen atoms in total. The molecule has 1 aromatic carbocycles. The third-order valence-corrected chi connectivity index (χ3v) is 6.98. The van der Waals surface area contributed by atoms with Crippen LogP contribution in [0.5, 0.6) is 0 Å². The van der Waals surface area contributed by atoms with E-state index in [2.05, 4.69) is 19.2 Å². The number of imide groups is 1. The number of benzene rings is 1. The first-order valence-corrected chi connectivity index (χ1v) is 10.4. The Morgan fingerprint density at radius 3 is 2.57 bits per heavy atom. The number of likely N-dealkylation sites (tertiary alicyclic amines) is 1. The van der Waals surface area contributed by atoms with Crippen molar-refractivity contribution in [1.82, 2.24) is 4.90 Å². The normalized spacial score (nSPS) is 32.3. The molecule has 3 N–H and O–H groups in total. The summed E-state index contributed by atoms with van der Waals surface area (Å²) in [6, 6.07) is 5.09. The van der Waals surface area contributed by atoms with Crippen molar-refractivity contribution in [2.45, 2.75) is 58.2 Å². The molecule has 3 aliphatic rings. The lowest BCUT2D eigenvalue weighted by Gasteiger charge is -2.28. The summed E-state index contributed by atoms with van der Waals surface area (Å²) in [5.41, 5.74) is 0.161. The van der Waals surface area contributed by atoms with Gasteiger partial charge in [-0.1, -0.05) is 38.4 Å². The second-order valence-corrected chi connectivity index (χ2v) is 9.16. The smallest absolute Gasteiger partial charge is 0.291 e. The highest BCUT2D eigenvalue weighted by atomic mass is 35.5. The van der Waals surface area contributed by atoms with Gasteiger partial charge in [0.1, 0.15) is 17.9 Å². The summed E-state index contributed by atoms with van der Waals surface area (Å²) in [6.45, 7) is 8.05. The van der Waals surface area contributed by atoms with Crippen molar-refractivity contribution >= 4 is 35.0 Å². The number of fused-ring (bicyclic) bond motifs is 4. The summed E-state index contributed by atoms with van der Waals surface area (Å²) in [6.07, 6.45) is 1.45. The molecule has 1 spiro atoms. The monoisotopic (exact) mass is 404 g/mol. The van der Waals surface area contributed by atoms with Gasteiger partial charge in [-0.2, -0.15) is 0 Å². The number of hydrogen-bond donors (Lipinski definition) is 2. The summed E-state index contributed by atoms with van der Waals surface area (Å²) in [5, 5.41) is 5.32. The number of rotatable bonds is 4. The summed E-state index contributed by atoms with van der Waals surface area (Å²) < 4.78 is 0. The maximum Gasteiger partial charge on any atom is 0.291 e. The van der Waals surface area contributed by atoms with Crippen LogP contribution < -0.4 is 10.6 Å². The Kier molecular flexibility index (Phi) is 4.55. The lowest BCUT2D eigenvalue weighted by Crippen LogP contribution is -2.99. The zero-order valence-electron chi connectivity index (χ0n) is 16.7. The van der Waals surface area contributed by atoms with E-state index in [0.717, 1.165) is 12.0 Å². The predicted molar refractivity (Wildman–Crippen MR) is 106 cm³/mol. The van der Waals surface area contributed by atoms with Gasteiger partial charge < -0.3 is 10.6 Å². The summed E-state index contributed by atoms with van der Waals surface area (Å²) in [4.78, 5) is 41.6. The average molecular weight is 405 g/mol. The quantitative estimate of drug-likeness (QED) is 0.751. The molecule has 0 bridgehead atoms. The maximum absolute atomic E-state index is 13.5. The van der Waals surface area contributed by atoms with Crippen LogP contribution >= 0.6 is 11.6 Å². The number of amides is 3. The fraction of sp³-hybridized carbons (Fsp3) is 0.571. The molecule has 2 fully saturated rings. The first-order valence-electron chi connectivity index (χ1n) is 10.1. The Hall–Kier alpha value is -1.92. The minimum Gasteiger partial charge on any atom is -0.326 e. The fourth-order valence-electron chi connectivity index (χ4n) is 5.35. The molecule has 0 aromatic heterocycles. The number of carbonyl (C=O) groups is 3. The second kappa shape index (κ2) is 6.56. The number of halogens is 1. The van der Waals surface area contributed by atoms with Gasteiger partial charge in [-0.3, -0.25) is 19.3 Å². The molecule has 0 radical (unpaired) electrons. The highest BCUT2D eigenvalue weighted by Gasteiger charge is 2.74. The van der Waals surface area contributed by atoms with Crippen LogP contribution in [-0.2, 0) is 19.9 Å². The van der Waals surface area contributed by atoms with E-state index >= 15 is 0 Å². The standard InChI is InChI=1S/C21H26ClN3O3/c1-5-11(4)25-18(26)15-14(9-10(2)3)24-21(16(15)19(25)27)12-7-6-8-13(22)17(12)23-20(21)28/h6-8,10-11,14-16,24H,5,9H2,1-4H3,(H,23,28)/p+1/t11-,14-,15-,16+,21-/m1/s1. The van der Waals surface area contributed by atoms with Crippen LogP contribution in [0.4, 0.5) is 5.69 Å². The summed E-state index contributed by atoms with van der Waals surface area (Å²) in [5.74, 6) is -1.44. The Labute approximate surface area is 170 Å². The second-order valence-electron chi connectivity index (χ2n) is 8.75. The van der Waals surface area contributed by atoms with Crippen molar-refractivity contribution in [1.29, 1.82) is 0 Å². The van der Waals surface area contributed by atoms with Gasteiger partial charge in [0.2, 0.25) is 17.4 Å². The molecule has 5 atom stereocenters. The third kappa shape index (κ3) is 2.40. The minimum absolute atomic E-state index is 0.119. The van der Waals surface area contributed by atoms with Gasteiger partial charge in [0.05, 0.1) is 10.7 Å². The van der Waals surface area contributed by atoms with Crippen LogP contribution in [-0.4, -0.2) is 34.7 Å². The predicted octanol–water partition coefficient (Wildman–Crippen LogP) is 1.88. The van der Waals surface area contributed by atoms with Crippen molar-refractivity contribution in [3.63, 3.8) is 0 Å². The number of hydrogen-bond acceptors (Lipinski definition) is 3. The molecule has 150 valence electrons. The van der Waals surface area contributed by atoms with Crippen LogP contribution in [0.2, 0.25) is 5.02 Å². The molecular weight excluding hydrogens is 378 g/mol. The number of nitrogens with zero attached hydrogens (tertiary/aromatic N) is 1. The first kappa shape index (κ1) is 19.4. The van der Waals surface area contributed by atoms with E-state index in [1.807, 2.05) is 25.2 Å². The van der Waals surface area contributed by atoms with Crippen LogP contribution in [0.1, 0.15) is 46.1 Å². The molecule has 1 aromatic rings. The van der Waals surface area contributed by atoms with Gasteiger partial charge in [-0.25, -0.2) is 0 Å². The van der Waals surface area contributed by atoms with E-state index in [-0.39, 0.29) is 29.8 Å². The summed E-state index contributed by atoms with van der Waals surface area (Å²) >= 11 is 6.34. The van der Waals surface area contributed by atoms with E-state index < -0.39 is 17.4 Å². The minimum atomic E-state index is -1.13. The Morgan fingerprint density at radius 2 is 1.93 bits per heavy atom. The van der Waals surface area contributed by atoms with E-state index in [1.165, 1.54) is 4.90 Å². The molecule has 3 aliphatic heterocycles. The average Bonchev–Trinajstić information content (AvgIpc) is 3.21. The Morgan fingerprint density at radius 1 is 1.21 bits per heavy atom. The highest BCUT2D eigenvalue weighted by Crippen LogP contribution is 2.51. The van der Waals surface area contributed by atoms with Crippen LogP contribution in [0.3, 0.4) is 0 Å². The van der Waals surface area contributed by atoms with Crippen LogP contribution in [0.25, 0.3) is 0 Å². The lowest BCUT2D eigenvalue weighted by atomic mass is 9.76. The topological polar surface area (TPSA) is 83.1 Å². The van der Waals surface area contributed by atoms with Gasteiger partial charge in [0.25, 0.3) is 5.91 Å². The number of quaternary nitrogens is 1. The Balaban J connectivity index is 1.89. The van der Waals surface area contributed by atoms with E-state index in [0.29, 0.717) is 23.0 Å².